The van der Waals surface area contributed by atoms with Gasteiger partial charge in [0.2, 0.25) is 0 Å². The van der Waals surface area contributed by atoms with Crippen LogP contribution in [0.2, 0.25) is 0 Å². The van der Waals surface area contributed by atoms with E-state index in [0.717, 1.165) is 0 Å². The number of hydrogen-bond acceptors (Lipinski definition) is 3. The molecule has 1 heterocycles. The molecule has 1 unspecified atom stereocenters. The third kappa shape index (κ3) is 2.88. The van der Waals surface area contributed by atoms with Gasteiger partial charge in [0, 0.05) is 29.7 Å². The lowest BCUT2D eigenvalue weighted by Gasteiger charge is -2.15. The van der Waals surface area contributed by atoms with Gasteiger partial charge in [-0.3, -0.25) is 4.98 Å². The minimum atomic E-state index is -4.29. The molecule has 1 rings (SSSR count). The maximum absolute atomic E-state index is 12.0. The zero-order valence-corrected chi connectivity index (χ0v) is 7.25. The van der Waals surface area contributed by atoms with Gasteiger partial charge < -0.3 is 11.5 Å². The van der Waals surface area contributed by atoms with E-state index in [-0.39, 0.29) is 11.3 Å². The van der Waals surface area contributed by atoms with Crippen molar-refractivity contribution >= 4 is 5.69 Å². The SMILES string of the molecule is Nc1ccncc1C(N)CC(F)(F)F. The summed E-state index contributed by atoms with van der Waals surface area (Å²) in [4.78, 5) is 3.67. The zero-order valence-electron chi connectivity index (χ0n) is 7.25. The Morgan fingerprint density at radius 2 is 2.07 bits per heavy atom. The second-order valence-electron chi connectivity index (χ2n) is 2.93. The summed E-state index contributed by atoms with van der Waals surface area (Å²) in [6.07, 6.45) is -2.73. The Kier molecular flexibility index (Phi) is 2.95. The molecule has 0 fully saturated rings. The Bertz CT molecular complexity index is 311. The van der Waals surface area contributed by atoms with Crippen molar-refractivity contribution in [3.05, 3.63) is 24.0 Å². The normalized spacial score (nSPS) is 14.0. The first-order valence-electron chi connectivity index (χ1n) is 3.92. The van der Waals surface area contributed by atoms with Gasteiger partial charge in [0.25, 0.3) is 0 Å². The van der Waals surface area contributed by atoms with Gasteiger partial charge >= 0.3 is 6.18 Å². The van der Waals surface area contributed by atoms with Gasteiger partial charge in [-0.15, -0.1) is 0 Å². The molecular formula is C8H10F3N3. The van der Waals surface area contributed by atoms with E-state index in [1.165, 1.54) is 18.5 Å². The number of pyridine rings is 1. The maximum Gasteiger partial charge on any atom is 0.390 e. The van der Waals surface area contributed by atoms with Crippen molar-refractivity contribution in [3.8, 4) is 0 Å². The summed E-state index contributed by atoms with van der Waals surface area (Å²) in [7, 11) is 0. The number of halogens is 3. The molecule has 0 saturated heterocycles. The number of nitrogen functional groups attached to an aromatic ring is 1. The number of aromatic nitrogens is 1. The lowest BCUT2D eigenvalue weighted by molar-refractivity contribution is -0.138. The van der Waals surface area contributed by atoms with Crippen LogP contribution in [0.4, 0.5) is 18.9 Å². The quantitative estimate of drug-likeness (QED) is 0.770. The summed E-state index contributed by atoms with van der Waals surface area (Å²) in [5.74, 6) is 0. The minimum absolute atomic E-state index is 0.227. The van der Waals surface area contributed by atoms with Crippen molar-refractivity contribution in [2.45, 2.75) is 18.6 Å². The Hall–Kier alpha value is -1.30. The fraction of sp³-hybridized carbons (Fsp3) is 0.375. The topological polar surface area (TPSA) is 64.9 Å². The minimum Gasteiger partial charge on any atom is -0.398 e. The molecule has 0 spiro atoms. The summed E-state index contributed by atoms with van der Waals surface area (Å²) in [6.45, 7) is 0. The number of alkyl halides is 3. The smallest absolute Gasteiger partial charge is 0.390 e. The average Bonchev–Trinajstić information content (AvgIpc) is 2.01. The van der Waals surface area contributed by atoms with E-state index >= 15 is 0 Å². The highest BCUT2D eigenvalue weighted by Crippen LogP contribution is 2.29. The number of nitrogens with two attached hydrogens (primary N) is 2. The highest BCUT2D eigenvalue weighted by atomic mass is 19.4. The van der Waals surface area contributed by atoms with Crippen molar-refractivity contribution in [3.63, 3.8) is 0 Å². The second kappa shape index (κ2) is 3.83. The lowest BCUT2D eigenvalue weighted by atomic mass is 10.1. The third-order valence-corrected chi connectivity index (χ3v) is 1.74. The number of hydrogen-bond donors (Lipinski definition) is 2. The summed E-state index contributed by atoms with van der Waals surface area (Å²) in [5, 5.41) is 0. The van der Waals surface area contributed by atoms with Crippen LogP contribution in [0, 0.1) is 0 Å². The van der Waals surface area contributed by atoms with Crippen LogP contribution < -0.4 is 11.5 Å². The molecule has 1 aromatic rings. The number of rotatable bonds is 2. The Morgan fingerprint density at radius 3 is 2.57 bits per heavy atom. The van der Waals surface area contributed by atoms with Crippen LogP contribution in [-0.4, -0.2) is 11.2 Å². The first-order chi connectivity index (χ1) is 6.40. The summed E-state index contributed by atoms with van der Waals surface area (Å²) in [5.41, 5.74) is 11.3. The van der Waals surface area contributed by atoms with Crippen LogP contribution in [0.15, 0.2) is 18.5 Å². The Balaban J connectivity index is 2.80. The molecule has 4 N–H and O–H groups in total. The molecule has 0 aliphatic rings. The molecule has 6 heteroatoms. The predicted octanol–water partition coefficient (Wildman–Crippen LogP) is 1.62. The van der Waals surface area contributed by atoms with Crippen LogP contribution in [0.25, 0.3) is 0 Å². The summed E-state index contributed by atoms with van der Waals surface area (Å²) in [6, 6.07) is 0.273. The van der Waals surface area contributed by atoms with Crippen molar-refractivity contribution in [2.75, 3.05) is 5.73 Å². The first-order valence-corrected chi connectivity index (χ1v) is 3.92. The van der Waals surface area contributed by atoms with Gasteiger partial charge in [-0.2, -0.15) is 13.2 Å². The van der Waals surface area contributed by atoms with E-state index in [1.54, 1.807) is 0 Å². The molecule has 0 aliphatic carbocycles. The van der Waals surface area contributed by atoms with Crippen molar-refractivity contribution < 1.29 is 13.2 Å². The number of nitrogens with zero attached hydrogens (tertiary/aromatic N) is 1. The molecule has 0 saturated carbocycles. The third-order valence-electron chi connectivity index (χ3n) is 1.74. The molecule has 0 aliphatic heterocycles. The highest BCUT2D eigenvalue weighted by Gasteiger charge is 2.31. The molecular weight excluding hydrogens is 195 g/mol. The monoisotopic (exact) mass is 205 g/mol. The van der Waals surface area contributed by atoms with Gasteiger partial charge in [0.15, 0.2) is 0 Å². The molecule has 1 atom stereocenters. The lowest BCUT2D eigenvalue weighted by Crippen LogP contribution is -2.21. The molecule has 1 aromatic heterocycles. The zero-order chi connectivity index (χ0) is 10.8. The van der Waals surface area contributed by atoms with Crippen LogP contribution in [-0.2, 0) is 0 Å². The van der Waals surface area contributed by atoms with Crippen LogP contribution >= 0.6 is 0 Å². The van der Waals surface area contributed by atoms with Gasteiger partial charge in [-0.25, -0.2) is 0 Å². The van der Waals surface area contributed by atoms with Gasteiger partial charge in [0.05, 0.1) is 6.42 Å². The van der Waals surface area contributed by atoms with E-state index in [1.807, 2.05) is 0 Å². The Labute approximate surface area is 78.9 Å². The van der Waals surface area contributed by atoms with E-state index in [4.69, 9.17) is 11.5 Å². The molecule has 78 valence electrons. The summed E-state index contributed by atoms with van der Waals surface area (Å²) >= 11 is 0. The van der Waals surface area contributed by atoms with Crippen molar-refractivity contribution in [1.29, 1.82) is 0 Å². The van der Waals surface area contributed by atoms with E-state index in [0.29, 0.717) is 0 Å². The van der Waals surface area contributed by atoms with Gasteiger partial charge in [-0.05, 0) is 6.07 Å². The predicted molar refractivity (Wildman–Crippen MR) is 46.2 cm³/mol. The van der Waals surface area contributed by atoms with Crippen molar-refractivity contribution in [1.82, 2.24) is 4.98 Å². The largest absolute Gasteiger partial charge is 0.398 e. The van der Waals surface area contributed by atoms with E-state index in [9.17, 15) is 13.2 Å². The van der Waals surface area contributed by atoms with Crippen LogP contribution in [0.3, 0.4) is 0 Å². The van der Waals surface area contributed by atoms with E-state index < -0.39 is 18.6 Å². The number of anilines is 1. The molecule has 0 aromatic carbocycles. The molecule has 0 amide bonds. The van der Waals surface area contributed by atoms with Crippen molar-refractivity contribution in [2.24, 2.45) is 5.73 Å². The average molecular weight is 205 g/mol. The molecule has 0 bridgehead atoms. The van der Waals surface area contributed by atoms with Crippen LogP contribution in [0.5, 0.6) is 0 Å². The highest BCUT2D eigenvalue weighted by molar-refractivity contribution is 5.46. The summed E-state index contributed by atoms with van der Waals surface area (Å²) < 4.78 is 35.9. The molecule has 14 heavy (non-hydrogen) atoms. The standard InChI is InChI=1S/C8H10F3N3/c9-8(10,11)3-7(13)5-4-14-2-1-6(5)12/h1-2,4,7H,3,13H2,(H2,12,14). The fourth-order valence-corrected chi connectivity index (χ4v) is 1.09. The fourth-order valence-electron chi connectivity index (χ4n) is 1.09. The Morgan fingerprint density at radius 1 is 1.43 bits per heavy atom. The maximum atomic E-state index is 12.0. The first kappa shape index (κ1) is 10.8. The molecule has 0 radical (unpaired) electrons. The second-order valence-corrected chi connectivity index (χ2v) is 2.93. The van der Waals surface area contributed by atoms with E-state index in [2.05, 4.69) is 4.98 Å². The van der Waals surface area contributed by atoms with Crippen LogP contribution in [0.1, 0.15) is 18.0 Å². The van der Waals surface area contributed by atoms with Gasteiger partial charge in [0.1, 0.15) is 0 Å². The molecule has 3 nitrogen and oxygen atoms in total. The van der Waals surface area contributed by atoms with Gasteiger partial charge in [-0.1, -0.05) is 0 Å².